The van der Waals surface area contributed by atoms with Crippen LogP contribution in [0.3, 0.4) is 0 Å². The Bertz CT molecular complexity index is 663. The van der Waals surface area contributed by atoms with Gasteiger partial charge >= 0.3 is 0 Å². The Morgan fingerprint density at radius 1 is 1.26 bits per heavy atom. The molecule has 1 amide bonds. The maximum atomic E-state index is 12.4. The molecule has 0 bridgehead atoms. The fourth-order valence-corrected chi connectivity index (χ4v) is 4.11. The molecule has 0 radical (unpaired) electrons. The molecule has 0 spiro atoms. The average molecular weight is 364 g/mol. The van der Waals surface area contributed by atoms with E-state index < -0.39 is 25.9 Å². The molecular weight excluding hydrogens is 338 g/mol. The van der Waals surface area contributed by atoms with Crippen LogP contribution in [0.5, 0.6) is 0 Å². The van der Waals surface area contributed by atoms with Gasteiger partial charge in [0.25, 0.3) is 0 Å². The molecule has 0 aliphatic heterocycles. The zero-order valence-corrected chi connectivity index (χ0v) is 16.0. The van der Waals surface area contributed by atoms with Crippen LogP contribution >= 0.6 is 11.3 Å². The van der Waals surface area contributed by atoms with Crippen LogP contribution in [0.15, 0.2) is 0 Å². The van der Waals surface area contributed by atoms with Crippen molar-refractivity contribution in [3.05, 3.63) is 5.01 Å². The highest BCUT2D eigenvalue weighted by molar-refractivity contribution is 7.93. The summed E-state index contributed by atoms with van der Waals surface area (Å²) in [6.07, 6.45) is 0. The molecule has 1 rings (SSSR count). The molecule has 0 saturated heterocycles. The average Bonchev–Trinajstić information content (AvgIpc) is 2.86. The van der Waals surface area contributed by atoms with E-state index in [4.69, 9.17) is 0 Å². The lowest BCUT2D eigenvalue weighted by Crippen LogP contribution is -2.46. The van der Waals surface area contributed by atoms with Gasteiger partial charge in [-0.15, -0.1) is 10.2 Å². The van der Waals surface area contributed by atoms with Crippen LogP contribution in [-0.2, 0) is 20.0 Å². The van der Waals surface area contributed by atoms with Gasteiger partial charge in [0.15, 0.2) is 9.84 Å². The second-order valence-corrected chi connectivity index (χ2v) is 10.7. The van der Waals surface area contributed by atoms with Gasteiger partial charge < -0.3 is 5.11 Å². The summed E-state index contributed by atoms with van der Waals surface area (Å²) in [6.45, 7) is 9.86. The molecule has 1 heterocycles. The summed E-state index contributed by atoms with van der Waals surface area (Å²) >= 11 is 1.12. The maximum absolute atomic E-state index is 12.4. The highest BCUT2D eigenvalue weighted by Gasteiger charge is 2.42. The van der Waals surface area contributed by atoms with Crippen molar-refractivity contribution in [2.24, 2.45) is 5.92 Å². The van der Waals surface area contributed by atoms with Crippen LogP contribution in [0.1, 0.15) is 46.6 Å². The molecule has 0 aromatic carbocycles. The number of rotatable bonds is 7. The van der Waals surface area contributed by atoms with Crippen molar-refractivity contribution in [3.63, 3.8) is 0 Å². The minimum absolute atomic E-state index is 0.0632. The number of hydrogen-bond donors (Lipinski definition) is 2. The van der Waals surface area contributed by atoms with E-state index in [0.717, 1.165) is 11.3 Å². The van der Waals surface area contributed by atoms with E-state index in [0.29, 0.717) is 5.01 Å². The second-order valence-electron chi connectivity index (χ2n) is 7.09. The summed E-state index contributed by atoms with van der Waals surface area (Å²) in [6, 6.07) is 0. The van der Waals surface area contributed by atoms with Gasteiger partial charge in [-0.3, -0.25) is 10.1 Å². The van der Waals surface area contributed by atoms with E-state index in [-0.39, 0.29) is 23.4 Å². The Hall–Kier alpha value is -1.06. The smallest absolute Gasteiger partial charge is 0.247 e. The van der Waals surface area contributed by atoms with Crippen molar-refractivity contribution in [3.8, 4) is 0 Å². The Balaban J connectivity index is 2.95. The molecule has 0 unspecified atom stereocenters. The Kier molecular flexibility index (Phi) is 5.93. The number of sulfone groups is 1. The summed E-state index contributed by atoms with van der Waals surface area (Å²) in [5, 5.41) is 20.4. The lowest BCUT2D eigenvalue weighted by molar-refractivity contribution is -0.117. The van der Waals surface area contributed by atoms with Crippen LogP contribution < -0.4 is 5.32 Å². The zero-order chi connectivity index (χ0) is 18.1. The van der Waals surface area contributed by atoms with Crippen LogP contribution in [-0.4, -0.2) is 46.7 Å². The quantitative estimate of drug-likeness (QED) is 0.761. The number of nitrogens with zero attached hydrogens (tertiary/aromatic N) is 2. The van der Waals surface area contributed by atoms with Crippen molar-refractivity contribution in [1.29, 1.82) is 0 Å². The Morgan fingerprint density at radius 3 is 2.30 bits per heavy atom. The zero-order valence-electron chi connectivity index (χ0n) is 14.4. The number of carbonyl (C=O) groups is 1. The third-order valence-corrected chi connectivity index (χ3v) is 7.55. The van der Waals surface area contributed by atoms with Crippen molar-refractivity contribution < 1.29 is 18.3 Å². The van der Waals surface area contributed by atoms with E-state index >= 15 is 0 Å². The highest BCUT2D eigenvalue weighted by atomic mass is 32.2. The van der Waals surface area contributed by atoms with Crippen LogP contribution in [0.4, 0.5) is 5.13 Å². The molecule has 9 heteroatoms. The van der Waals surface area contributed by atoms with E-state index in [9.17, 15) is 18.3 Å². The largest absolute Gasteiger partial charge is 0.395 e. The summed E-state index contributed by atoms with van der Waals surface area (Å²) < 4.78 is 23.2. The molecule has 1 aromatic rings. The number of amides is 1. The molecular formula is C14H25N3O4S2. The molecule has 23 heavy (non-hydrogen) atoms. The lowest BCUT2D eigenvalue weighted by atomic mass is 9.96. The molecule has 0 aliphatic carbocycles. The van der Waals surface area contributed by atoms with Crippen LogP contribution in [0.2, 0.25) is 0 Å². The third kappa shape index (κ3) is 4.48. The normalized spacial score (nSPS) is 13.4. The van der Waals surface area contributed by atoms with Crippen molar-refractivity contribution in [2.75, 3.05) is 17.7 Å². The first kappa shape index (κ1) is 20.0. The summed E-state index contributed by atoms with van der Waals surface area (Å²) in [5.41, 5.74) is -0.570. The predicted molar refractivity (Wildman–Crippen MR) is 91.4 cm³/mol. The molecule has 7 nitrogen and oxygen atoms in total. The van der Waals surface area contributed by atoms with E-state index in [2.05, 4.69) is 15.5 Å². The van der Waals surface area contributed by atoms with Gasteiger partial charge in [-0.1, -0.05) is 39.0 Å². The fourth-order valence-electron chi connectivity index (χ4n) is 1.65. The number of anilines is 1. The first-order chi connectivity index (χ1) is 10.3. The van der Waals surface area contributed by atoms with E-state index in [1.54, 1.807) is 27.7 Å². The Labute approximate surface area is 141 Å². The van der Waals surface area contributed by atoms with E-state index in [1.807, 2.05) is 0 Å². The number of aliphatic hydroxyl groups excluding tert-OH is 1. The monoisotopic (exact) mass is 363 g/mol. The van der Waals surface area contributed by atoms with Gasteiger partial charge in [-0.05, 0) is 19.8 Å². The van der Waals surface area contributed by atoms with Crippen molar-refractivity contribution in [1.82, 2.24) is 10.2 Å². The third-order valence-electron chi connectivity index (χ3n) is 3.50. The number of carbonyl (C=O) groups excluding carboxylic acids is 1. The van der Waals surface area contributed by atoms with Crippen LogP contribution in [0, 0.1) is 5.92 Å². The number of nitrogens with one attached hydrogen (secondary N) is 1. The lowest BCUT2D eigenvalue weighted by Gasteiger charge is -2.24. The SMILES string of the molecule is CC(C)CS(=O)(=O)C(C)(C)C(=O)Nc1nnc(C(C)(C)CO)s1. The molecule has 0 aliphatic rings. The molecule has 1 aromatic heterocycles. The standard InChI is InChI=1S/C14H25N3O4S2/c1-9(2)7-23(20,21)14(5,6)10(19)15-12-17-16-11(22-12)13(3,4)8-18/h9,18H,7-8H2,1-6H3,(H,15,17,19). The summed E-state index contributed by atoms with van der Waals surface area (Å²) in [4.78, 5) is 12.4. The first-order valence-electron chi connectivity index (χ1n) is 7.32. The predicted octanol–water partition coefficient (Wildman–Crippen LogP) is 1.60. The molecule has 2 N–H and O–H groups in total. The second kappa shape index (κ2) is 6.82. The molecule has 0 atom stereocenters. The number of aliphatic hydroxyl groups is 1. The Morgan fingerprint density at radius 2 is 1.83 bits per heavy atom. The number of hydrogen-bond acceptors (Lipinski definition) is 7. The molecule has 0 fully saturated rings. The van der Waals surface area contributed by atoms with Gasteiger partial charge in [0.1, 0.15) is 9.75 Å². The van der Waals surface area contributed by atoms with Gasteiger partial charge in [-0.2, -0.15) is 0 Å². The van der Waals surface area contributed by atoms with Gasteiger partial charge in [-0.25, -0.2) is 8.42 Å². The minimum Gasteiger partial charge on any atom is -0.395 e. The summed E-state index contributed by atoms with van der Waals surface area (Å²) in [7, 11) is -3.60. The summed E-state index contributed by atoms with van der Waals surface area (Å²) in [5.74, 6) is -0.764. The van der Waals surface area contributed by atoms with Gasteiger partial charge in [0, 0.05) is 5.41 Å². The van der Waals surface area contributed by atoms with Gasteiger partial charge in [0.05, 0.1) is 12.4 Å². The topological polar surface area (TPSA) is 109 Å². The maximum Gasteiger partial charge on any atom is 0.247 e. The molecule has 0 saturated carbocycles. The van der Waals surface area contributed by atoms with Gasteiger partial charge in [0.2, 0.25) is 11.0 Å². The molecule has 132 valence electrons. The minimum atomic E-state index is -3.60. The van der Waals surface area contributed by atoms with Crippen molar-refractivity contribution in [2.45, 2.75) is 51.7 Å². The van der Waals surface area contributed by atoms with Crippen LogP contribution in [0.25, 0.3) is 0 Å². The first-order valence-corrected chi connectivity index (χ1v) is 9.79. The number of aromatic nitrogens is 2. The van der Waals surface area contributed by atoms with Crippen molar-refractivity contribution >= 4 is 32.2 Å². The fraction of sp³-hybridized carbons (Fsp3) is 0.786. The highest BCUT2D eigenvalue weighted by Crippen LogP contribution is 2.29. The van der Waals surface area contributed by atoms with E-state index in [1.165, 1.54) is 13.8 Å².